The Morgan fingerprint density at radius 3 is 1.30 bits per heavy atom. The van der Waals surface area contributed by atoms with Gasteiger partial charge in [-0.05, 0) is 108 Å². The number of carbonyl (C=O) groups is 11. The number of carbonyl (C=O) groups excluding carboxylic acids is 10. The van der Waals surface area contributed by atoms with Crippen LogP contribution in [0.3, 0.4) is 0 Å². The number of nitrogens with zero attached hydrogens (tertiary/aromatic N) is 5. The van der Waals surface area contributed by atoms with Gasteiger partial charge in [0, 0.05) is 35.2 Å². The molecule has 0 aromatic heterocycles. The molecule has 0 rings (SSSR count). The molecule has 25 heteroatoms. The Morgan fingerprint density at radius 1 is 0.460 bits per heavy atom. The number of carboxylic acids is 1. The molecule has 0 heterocycles. The van der Waals surface area contributed by atoms with Gasteiger partial charge in [-0.1, -0.05) is 109 Å². The van der Waals surface area contributed by atoms with E-state index in [-0.39, 0.29) is 61.2 Å². The van der Waals surface area contributed by atoms with Crippen LogP contribution in [-0.2, 0) is 52.7 Å². The fourth-order valence-corrected chi connectivity index (χ4v) is 10.4. The van der Waals surface area contributed by atoms with E-state index in [2.05, 4.69) is 31.9 Å². The molecule has 14 atom stereocenters. The van der Waals surface area contributed by atoms with Gasteiger partial charge in [0.15, 0.2) is 0 Å². The van der Waals surface area contributed by atoms with Gasteiger partial charge in [0.25, 0.3) is 0 Å². The van der Waals surface area contributed by atoms with Gasteiger partial charge in [0.05, 0.1) is 18.2 Å². The van der Waals surface area contributed by atoms with Crippen molar-refractivity contribution in [3.8, 4) is 0 Å². The van der Waals surface area contributed by atoms with E-state index < -0.39 is 150 Å². The number of allylic oxidation sites excluding steroid dienone is 2. The smallest absolute Gasteiger partial charge is 0.323 e. The zero-order valence-electron chi connectivity index (χ0n) is 56.6. The van der Waals surface area contributed by atoms with E-state index in [0.717, 1.165) is 21.1 Å². The molecule has 0 radical (unpaired) electrons. The van der Waals surface area contributed by atoms with Crippen molar-refractivity contribution in [2.45, 2.75) is 229 Å². The van der Waals surface area contributed by atoms with Crippen molar-refractivity contribution in [1.82, 2.24) is 56.4 Å². The predicted octanol–water partition coefficient (Wildman–Crippen LogP) is 2.12. The number of hydrogen-bond acceptors (Lipinski definition) is 14. The first-order valence-electron chi connectivity index (χ1n) is 30.8. The van der Waals surface area contributed by atoms with E-state index in [4.69, 9.17) is 0 Å². The summed E-state index contributed by atoms with van der Waals surface area (Å²) in [5, 5.41) is 48.3. The lowest BCUT2D eigenvalue weighted by Crippen LogP contribution is -2.64. The Balaban J connectivity index is 6.92. The fraction of sp³-hybridized carbons (Fsp3) is 0.790. The first-order valence-corrected chi connectivity index (χ1v) is 30.8. The van der Waals surface area contributed by atoms with Crippen LogP contribution in [0, 0.1) is 41.4 Å². The Kier molecular flexibility index (Phi) is 35.5. The number of carboxylic acid groups (broad SMARTS) is 1. The van der Waals surface area contributed by atoms with Gasteiger partial charge < -0.3 is 71.7 Å². The minimum absolute atomic E-state index is 0.0109. The van der Waals surface area contributed by atoms with Gasteiger partial charge in [-0.15, -0.1) is 0 Å². The number of nitrogens with one attached hydrogen (secondary N) is 6. The first kappa shape index (κ1) is 80.8. The number of amides is 10. The molecule has 0 fully saturated rings. The van der Waals surface area contributed by atoms with Crippen LogP contribution in [-0.4, -0.2) is 226 Å². The van der Waals surface area contributed by atoms with Crippen LogP contribution in [0.5, 0.6) is 0 Å². The van der Waals surface area contributed by atoms with Gasteiger partial charge in [-0.2, -0.15) is 0 Å². The molecule has 10 amide bonds. The molecule has 0 aromatic rings. The average molecular weight is 1240 g/mol. The van der Waals surface area contributed by atoms with Crippen LogP contribution in [0.15, 0.2) is 12.2 Å². The summed E-state index contributed by atoms with van der Waals surface area (Å²) in [5.41, 5.74) is 0. The minimum Gasteiger partial charge on any atom is -0.480 e. The minimum atomic E-state index is -1.71. The van der Waals surface area contributed by atoms with Crippen LogP contribution < -0.4 is 31.9 Å². The van der Waals surface area contributed by atoms with Gasteiger partial charge in [0.2, 0.25) is 59.1 Å². The van der Waals surface area contributed by atoms with Crippen molar-refractivity contribution in [3.05, 3.63) is 12.2 Å². The van der Waals surface area contributed by atoms with Gasteiger partial charge in [-0.25, -0.2) is 0 Å². The number of aliphatic hydroxyl groups is 2. The predicted molar refractivity (Wildman–Crippen MR) is 334 cm³/mol. The second-order valence-electron chi connectivity index (χ2n) is 25.8. The molecule has 25 nitrogen and oxygen atoms in total. The van der Waals surface area contributed by atoms with E-state index in [1.807, 2.05) is 69.2 Å². The summed E-state index contributed by atoms with van der Waals surface area (Å²) >= 11 is 0. The largest absolute Gasteiger partial charge is 0.480 e. The van der Waals surface area contributed by atoms with Crippen molar-refractivity contribution in [2.75, 3.05) is 48.8 Å². The summed E-state index contributed by atoms with van der Waals surface area (Å²) in [6.07, 6.45) is 2.10. The van der Waals surface area contributed by atoms with E-state index in [1.165, 1.54) is 65.8 Å². The number of aliphatic carboxylic acids is 1. The molecule has 0 spiro atoms. The highest BCUT2D eigenvalue weighted by molar-refractivity contribution is 5.99. The summed E-state index contributed by atoms with van der Waals surface area (Å²) < 4.78 is 0. The maximum Gasteiger partial charge on any atom is 0.323 e. The molecule has 1 unspecified atom stereocenters. The second-order valence-corrected chi connectivity index (χ2v) is 25.8. The lowest BCUT2D eigenvalue weighted by molar-refractivity contribution is -0.155. The molecule has 0 saturated carbocycles. The van der Waals surface area contributed by atoms with Gasteiger partial charge in [-0.3, -0.25) is 52.7 Å². The highest BCUT2D eigenvalue weighted by Gasteiger charge is 2.45. The quantitative estimate of drug-likeness (QED) is 0.0400. The lowest BCUT2D eigenvalue weighted by Gasteiger charge is -2.40. The van der Waals surface area contributed by atoms with E-state index in [0.29, 0.717) is 6.42 Å². The van der Waals surface area contributed by atoms with Crippen molar-refractivity contribution in [3.63, 3.8) is 0 Å². The van der Waals surface area contributed by atoms with E-state index >= 15 is 0 Å². The monoisotopic (exact) mass is 1240 g/mol. The highest BCUT2D eigenvalue weighted by Crippen LogP contribution is 2.24. The van der Waals surface area contributed by atoms with Crippen LogP contribution in [0.2, 0.25) is 0 Å². The Labute approximate surface area is 519 Å². The second kappa shape index (κ2) is 38.3. The fourth-order valence-electron chi connectivity index (χ4n) is 10.4. The summed E-state index contributed by atoms with van der Waals surface area (Å²) in [6.45, 7) is 28.9. The van der Waals surface area contributed by atoms with Crippen LogP contribution in [0.4, 0.5) is 0 Å². The maximum absolute atomic E-state index is 14.9. The van der Waals surface area contributed by atoms with Crippen molar-refractivity contribution < 1.29 is 68.1 Å². The molecular weight excluding hydrogens is 1120 g/mol. The molecule has 0 aliphatic carbocycles. The maximum atomic E-state index is 14.9. The molecule has 0 aromatic carbocycles. The number of aliphatic hydroxyl groups excluding tert-OH is 2. The van der Waals surface area contributed by atoms with Crippen molar-refractivity contribution in [1.29, 1.82) is 0 Å². The van der Waals surface area contributed by atoms with Crippen LogP contribution in [0.25, 0.3) is 0 Å². The number of rotatable bonds is 38. The standard InChI is InChI=1S/C62H113N11O14/c1-24-26-27-39(14)52(77)51(57(82)68-49(42(17)74)61(86)69(19)32-47(75)76)73(23)62(87)50(37(11)12)72(22)60(85)44(29-34(5)6)66-55(80)46(31-36(9)10)70(20)58(83)41(16)65-53(78)40(15)64-54(79)45(30-35(7)8)71(21)59(84)43(28-33(3)4)67-56(81)48(63-18)38(13)25-2/h24,26,33-46,48-52,63,74,77H,25,27-32H2,1-23H3,(H,64,79)(H,65,78)(H,66,80)(H,67,81)(H,68,82)(H,75,76)/t38?,39-,40+,41-,42-,43+,44+,45+,46+,48+,49+,50+,51+,52-/m1/s1. The van der Waals surface area contributed by atoms with E-state index in [9.17, 15) is 68.1 Å². The van der Waals surface area contributed by atoms with E-state index in [1.54, 1.807) is 46.9 Å². The SMILES string of the molecule is CC=CC[C@@H](C)[C@@H](O)[C@@H](C(=O)N[C@H](C(=O)N(C)CC(=O)O)[C@@H](C)O)N(C)C(=O)[C@H](C(C)C)N(C)C(=O)[C@H](CC(C)C)NC(=O)[C@H](CC(C)C)N(C)C(=O)[C@@H](C)NC(=O)[C@H](C)NC(=O)[C@H](CC(C)C)N(C)C(=O)[C@H](CC(C)C)NC(=O)[C@@H](NC)C(C)CC. The number of likely N-dealkylation sites (N-methyl/N-ethyl adjacent to an activating group) is 6. The van der Waals surface area contributed by atoms with Crippen LogP contribution in [0.1, 0.15) is 156 Å². The van der Waals surface area contributed by atoms with Gasteiger partial charge >= 0.3 is 5.97 Å². The molecule has 0 saturated heterocycles. The normalized spacial score (nSPS) is 16.6. The summed E-state index contributed by atoms with van der Waals surface area (Å²) in [5.74, 6) is -10.1. The summed E-state index contributed by atoms with van der Waals surface area (Å²) in [7, 11) is 8.37. The Morgan fingerprint density at radius 2 is 0.885 bits per heavy atom. The Hall–Kier alpha value is -6.21. The van der Waals surface area contributed by atoms with Crippen molar-refractivity contribution >= 4 is 65.0 Å². The third-order valence-electron chi connectivity index (χ3n) is 15.7. The molecular formula is C62H113N11O14. The first-order chi connectivity index (χ1) is 40.1. The number of hydrogen-bond donors (Lipinski definition) is 9. The third-order valence-corrected chi connectivity index (χ3v) is 15.7. The third kappa shape index (κ3) is 25.4. The summed E-state index contributed by atoms with van der Waals surface area (Å²) in [4.78, 5) is 159. The molecule has 0 bridgehead atoms. The van der Waals surface area contributed by atoms with Crippen LogP contribution >= 0.6 is 0 Å². The molecule has 9 N–H and O–H groups in total. The van der Waals surface area contributed by atoms with Crippen molar-refractivity contribution in [2.24, 2.45) is 41.4 Å². The molecule has 87 heavy (non-hydrogen) atoms. The lowest BCUT2D eigenvalue weighted by atomic mass is 9.91. The zero-order chi connectivity index (χ0) is 67.8. The molecule has 500 valence electrons. The molecule has 0 aliphatic heterocycles. The summed E-state index contributed by atoms with van der Waals surface area (Å²) in [6, 6.07) is -12.1. The zero-order valence-corrected chi connectivity index (χ0v) is 56.6. The van der Waals surface area contributed by atoms with Gasteiger partial charge in [0.1, 0.15) is 60.9 Å². The Bertz CT molecular complexity index is 2310. The topological polar surface area (TPSA) is 337 Å². The average Bonchev–Trinajstić information content (AvgIpc) is 2.09. The highest BCUT2D eigenvalue weighted by atomic mass is 16.4. The molecule has 0 aliphatic rings.